The van der Waals surface area contributed by atoms with Crippen LogP contribution in [0.5, 0.6) is 5.75 Å². The molecule has 3 rings (SSSR count). The minimum atomic E-state index is -0.160. The molecule has 1 N–H and O–H groups in total. The van der Waals surface area contributed by atoms with Gasteiger partial charge in [-0.2, -0.15) is 0 Å². The van der Waals surface area contributed by atoms with Crippen LogP contribution in [0.4, 0.5) is 5.69 Å². The molecule has 1 fully saturated rings. The Kier molecular flexibility index (Phi) is 6.12. The molecule has 0 aromatic heterocycles. The quantitative estimate of drug-likeness (QED) is 0.866. The highest BCUT2D eigenvalue weighted by molar-refractivity contribution is 6.04. The molecule has 2 atom stereocenters. The summed E-state index contributed by atoms with van der Waals surface area (Å²) in [6.45, 7) is 4.22. The molecule has 27 heavy (non-hydrogen) atoms. The number of benzene rings is 2. The molecule has 0 saturated carbocycles. The Morgan fingerprint density at radius 1 is 1.00 bits per heavy atom. The molecule has 5 heteroatoms. The maximum Gasteiger partial charge on any atom is 0.260 e. The maximum absolute atomic E-state index is 12.5. The number of rotatable bonds is 5. The van der Waals surface area contributed by atoms with Crippen LogP contribution >= 0.6 is 0 Å². The van der Waals surface area contributed by atoms with Gasteiger partial charge in [0, 0.05) is 23.3 Å². The van der Waals surface area contributed by atoms with Crippen LogP contribution in [0.1, 0.15) is 43.5 Å². The summed E-state index contributed by atoms with van der Waals surface area (Å²) < 4.78 is 5.66. The zero-order valence-corrected chi connectivity index (χ0v) is 15.9. The summed E-state index contributed by atoms with van der Waals surface area (Å²) in [5.41, 5.74) is 1.29. The zero-order chi connectivity index (χ0) is 19.2. The van der Waals surface area contributed by atoms with E-state index in [1.54, 1.807) is 36.4 Å². The van der Waals surface area contributed by atoms with Crippen molar-refractivity contribution in [3.63, 3.8) is 0 Å². The molecule has 1 heterocycles. The Hall–Kier alpha value is -2.82. The maximum atomic E-state index is 12.5. The van der Waals surface area contributed by atoms with Crippen molar-refractivity contribution in [2.75, 3.05) is 11.9 Å². The molecular weight excluding hydrogens is 340 g/mol. The van der Waals surface area contributed by atoms with Crippen LogP contribution in [-0.2, 0) is 4.79 Å². The number of amides is 2. The number of carbonyl (C=O) groups is 2. The fourth-order valence-corrected chi connectivity index (χ4v) is 3.56. The molecule has 0 unspecified atom stereocenters. The van der Waals surface area contributed by atoms with Crippen molar-refractivity contribution in [3.05, 3.63) is 60.2 Å². The SMILES string of the molecule is C[C@@H]1CCC[C@H](C)N1C(=O)COc1ccc(NC(=O)c2ccccc2)cc1. The predicted octanol–water partition coefficient (Wildman–Crippen LogP) is 4.11. The van der Waals surface area contributed by atoms with Gasteiger partial charge in [-0.05, 0) is 69.5 Å². The topological polar surface area (TPSA) is 58.6 Å². The molecule has 1 saturated heterocycles. The highest BCUT2D eigenvalue weighted by Crippen LogP contribution is 2.23. The van der Waals surface area contributed by atoms with E-state index < -0.39 is 0 Å². The fourth-order valence-electron chi connectivity index (χ4n) is 3.56. The summed E-state index contributed by atoms with van der Waals surface area (Å²) in [4.78, 5) is 26.6. The number of anilines is 1. The van der Waals surface area contributed by atoms with Crippen molar-refractivity contribution >= 4 is 17.5 Å². The van der Waals surface area contributed by atoms with Crippen LogP contribution in [0.3, 0.4) is 0 Å². The fraction of sp³-hybridized carbons (Fsp3) is 0.364. The van der Waals surface area contributed by atoms with Crippen LogP contribution in [-0.4, -0.2) is 35.4 Å². The monoisotopic (exact) mass is 366 g/mol. The van der Waals surface area contributed by atoms with Crippen LogP contribution in [0.2, 0.25) is 0 Å². The number of hydrogen-bond donors (Lipinski definition) is 1. The lowest BCUT2D eigenvalue weighted by molar-refractivity contribution is -0.139. The van der Waals surface area contributed by atoms with E-state index in [0.717, 1.165) is 12.8 Å². The Morgan fingerprint density at radius 2 is 1.63 bits per heavy atom. The predicted molar refractivity (Wildman–Crippen MR) is 106 cm³/mol. The van der Waals surface area contributed by atoms with E-state index in [1.165, 1.54) is 6.42 Å². The van der Waals surface area contributed by atoms with E-state index in [-0.39, 0.29) is 30.5 Å². The summed E-state index contributed by atoms with van der Waals surface area (Å²) in [5.74, 6) is 0.474. The molecule has 0 bridgehead atoms. The van der Waals surface area contributed by atoms with Crippen molar-refractivity contribution in [1.29, 1.82) is 0 Å². The van der Waals surface area contributed by atoms with E-state index in [4.69, 9.17) is 4.74 Å². The van der Waals surface area contributed by atoms with Gasteiger partial charge in [0.05, 0.1) is 0 Å². The summed E-state index contributed by atoms with van der Waals surface area (Å²) in [6.07, 6.45) is 3.26. The van der Waals surface area contributed by atoms with Crippen molar-refractivity contribution in [2.45, 2.75) is 45.2 Å². The number of carbonyl (C=O) groups excluding carboxylic acids is 2. The van der Waals surface area contributed by atoms with E-state index in [9.17, 15) is 9.59 Å². The average molecular weight is 366 g/mol. The van der Waals surface area contributed by atoms with E-state index in [2.05, 4.69) is 19.2 Å². The van der Waals surface area contributed by atoms with Gasteiger partial charge in [0.25, 0.3) is 11.8 Å². The van der Waals surface area contributed by atoms with Gasteiger partial charge in [0.1, 0.15) is 5.75 Å². The van der Waals surface area contributed by atoms with Crippen LogP contribution in [0, 0.1) is 0 Å². The van der Waals surface area contributed by atoms with E-state index in [0.29, 0.717) is 17.0 Å². The second kappa shape index (κ2) is 8.71. The van der Waals surface area contributed by atoms with E-state index >= 15 is 0 Å². The summed E-state index contributed by atoms with van der Waals surface area (Å²) in [7, 11) is 0. The van der Waals surface area contributed by atoms with Crippen LogP contribution in [0.15, 0.2) is 54.6 Å². The minimum absolute atomic E-state index is 0.0242. The molecule has 1 aliphatic rings. The van der Waals surface area contributed by atoms with E-state index in [1.807, 2.05) is 23.1 Å². The number of hydrogen-bond acceptors (Lipinski definition) is 3. The molecule has 0 spiro atoms. The number of nitrogens with zero attached hydrogens (tertiary/aromatic N) is 1. The van der Waals surface area contributed by atoms with Crippen LogP contribution in [0.25, 0.3) is 0 Å². The highest BCUT2D eigenvalue weighted by atomic mass is 16.5. The first-order valence-corrected chi connectivity index (χ1v) is 9.45. The molecule has 0 aliphatic carbocycles. The lowest BCUT2D eigenvalue weighted by atomic mass is 9.97. The normalized spacial score (nSPS) is 19.4. The third-order valence-corrected chi connectivity index (χ3v) is 4.99. The van der Waals surface area contributed by atoms with Gasteiger partial charge in [0.2, 0.25) is 0 Å². The van der Waals surface area contributed by atoms with Gasteiger partial charge in [-0.1, -0.05) is 18.2 Å². The van der Waals surface area contributed by atoms with Gasteiger partial charge in [-0.25, -0.2) is 0 Å². The molecule has 2 aromatic carbocycles. The second-order valence-electron chi connectivity index (χ2n) is 7.06. The first-order valence-electron chi connectivity index (χ1n) is 9.45. The second-order valence-corrected chi connectivity index (χ2v) is 7.06. The summed E-state index contributed by atoms with van der Waals surface area (Å²) in [6, 6.07) is 16.6. The molecule has 2 amide bonds. The smallest absolute Gasteiger partial charge is 0.260 e. The van der Waals surface area contributed by atoms with Gasteiger partial charge >= 0.3 is 0 Å². The van der Waals surface area contributed by atoms with Gasteiger partial charge in [-0.3, -0.25) is 9.59 Å². The molecular formula is C22H26N2O3. The summed E-state index contributed by atoms with van der Waals surface area (Å²) >= 11 is 0. The third kappa shape index (κ3) is 4.88. The third-order valence-electron chi connectivity index (χ3n) is 4.99. The number of likely N-dealkylation sites (tertiary alicyclic amines) is 1. The molecule has 142 valence electrons. The van der Waals surface area contributed by atoms with Crippen molar-refractivity contribution in [2.24, 2.45) is 0 Å². The van der Waals surface area contributed by atoms with Gasteiger partial charge < -0.3 is 15.0 Å². The molecule has 0 radical (unpaired) electrons. The Bertz CT molecular complexity index is 764. The lowest BCUT2D eigenvalue weighted by Gasteiger charge is -2.38. The van der Waals surface area contributed by atoms with Gasteiger partial charge in [0.15, 0.2) is 6.61 Å². The standard InChI is InChI=1S/C22H26N2O3/c1-16-7-6-8-17(2)24(16)21(25)15-27-20-13-11-19(12-14-20)23-22(26)18-9-4-3-5-10-18/h3-5,9-14,16-17H,6-8,15H2,1-2H3,(H,23,26)/t16-,17+. The Morgan fingerprint density at radius 3 is 2.26 bits per heavy atom. The zero-order valence-electron chi connectivity index (χ0n) is 15.9. The first kappa shape index (κ1) is 19.0. The molecule has 2 aromatic rings. The minimum Gasteiger partial charge on any atom is -0.484 e. The molecule has 5 nitrogen and oxygen atoms in total. The largest absolute Gasteiger partial charge is 0.484 e. The number of nitrogens with one attached hydrogen (secondary N) is 1. The Labute approximate surface area is 160 Å². The van der Waals surface area contributed by atoms with Crippen molar-refractivity contribution in [3.8, 4) is 5.75 Å². The number of piperidine rings is 1. The number of ether oxygens (including phenoxy) is 1. The Balaban J connectivity index is 1.53. The van der Waals surface area contributed by atoms with Crippen LogP contribution < -0.4 is 10.1 Å². The molecule has 1 aliphatic heterocycles. The first-order chi connectivity index (χ1) is 13.0. The van der Waals surface area contributed by atoms with Crippen molar-refractivity contribution < 1.29 is 14.3 Å². The highest BCUT2D eigenvalue weighted by Gasteiger charge is 2.28. The van der Waals surface area contributed by atoms with Crippen molar-refractivity contribution in [1.82, 2.24) is 4.90 Å². The summed E-state index contributed by atoms with van der Waals surface area (Å²) in [5, 5.41) is 2.84. The van der Waals surface area contributed by atoms with Gasteiger partial charge in [-0.15, -0.1) is 0 Å². The lowest BCUT2D eigenvalue weighted by Crippen LogP contribution is -2.49. The average Bonchev–Trinajstić information content (AvgIpc) is 2.68.